The summed E-state index contributed by atoms with van der Waals surface area (Å²) < 4.78 is 10.3. The molecule has 1 aliphatic rings. The van der Waals surface area contributed by atoms with Crippen LogP contribution in [-0.2, 0) is 5.41 Å². The molecule has 2 aromatic carbocycles. The van der Waals surface area contributed by atoms with Crippen molar-refractivity contribution in [2.24, 2.45) is 0 Å². The zero-order chi connectivity index (χ0) is 29.6. The SMILES string of the molecule is Cc1ccc(-n2nc(C(C)(C)C)cc2NC(=O)N[C@@H]2C[C@@H](Oc3ccc4nnc(C(C)C)n4c3)c3ccccc32)cc1. The summed E-state index contributed by atoms with van der Waals surface area (Å²) >= 11 is 0. The first-order valence-electron chi connectivity index (χ1n) is 14.4. The molecule has 0 saturated heterocycles. The van der Waals surface area contributed by atoms with E-state index in [1.807, 2.05) is 72.1 Å². The molecular weight excluding hydrogens is 526 g/mol. The van der Waals surface area contributed by atoms with Crippen molar-refractivity contribution in [2.75, 3.05) is 5.32 Å². The Hall–Kier alpha value is -4.66. The Morgan fingerprint density at radius 2 is 1.74 bits per heavy atom. The Balaban J connectivity index is 1.22. The van der Waals surface area contributed by atoms with Crippen LogP contribution in [0.25, 0.3) is 11.3 Å². The van der Waals surface area contributed by atoms with Crippen molar-refractivity contribution < 1.29 is 9.53 Å². The molecule has 9 heteroatoms. The number of nitrogens with zero attached hydrogens (tertiary/aromatic N) is 5. The van der Waals surface area contributed by atoms with Crippen LogP contribution in [0.4, 0.5) is 10.6 Å². The van der Waals surface area contributed by atoms with Crippen LogP contribution in [0, 0.1) is 6.92 Å². The minimum Gasteiger partial charge on any atom is -0.484 e. The summed E-state index contributed by atoms with van der Waals surface area (Å²) in [5, 5.41) is 19.7. The van der Waals surface area contributed by atoms with Crippen LogP contribution in [-0.4, -0.2) is 30.4 Å². The van der Waals surface area contributed by atoms with E-state index >= 15 is 0 Å². The van der Waals surface area contributed by atoms with Crippen LogP contribution >= 0.6 is 0 Å². The lowest BCUT2D eigenvalue weighted by Crippen LogP contribution is -2.32. The average molecular weight is 564 g/mol. The number of hydrogen-bond acceptors (Lipinski definition) is 5. The molecule has 0 unspecified atom stereocenters. The van der Waals surface area contributed by atoms with E-state index in [4.69, 9.17) is 9.84 Å². The van der Waals surface area contributed by atoms with E-state index in [0.29, 0.717) is 12.2 Å². The fraction of sp³-hybridized carbons (Fsp3) is 0.333. The lowest BCUT2D eigenvalue weighted by atomic mass is 9.92. The van der Waals surface area contributed by atoms with E-state index in [1.165, 1.54) is 0 Å². The molecule has 2 amide bonds. The Morgan fingerprint density at radius 3 is 2.45 bits per heavy atom. The van der Waals surface area contributed by atoms with Gasteiger partial charge in [-0.3, -0.25) is 9.72 Å². The van der Waals surface area contributed by atoms with Gasteiger partial charge in [0.05, 0.1) is 23.6 Å². The third kappa shape index (κ3) is 5.34. The van der Waals surface area contributed by atoms with E-state index < -0.39 is 0 Å². The summed E-state index contributed by atoms with van der Waals surface area (Å²) in [4.78, 5) is 13.4. The lowest BCUT2D eigenvalue weighted by Gasteiger charge is -2.17. The molecule has 2 N–H and O–H groups in total. The second kappa shape index (κ2) is 10.6. The van der Waals surface area contributed by atoms with Crippen LogP contribution in [0.5, 0.6) is 5.75 Å². The largest absolute Gasteiger partial charge is 0.484 e. The van der Waals surface area contributed by atoms with Gasteiger partial charge in [0, 0.05) is 23.8 Å². The smallest absolute Gasteiger partial charge is 0.320 e. The third-order valence-corrected chi connectivity index (χ3v) is 7.67. The van der Waals surface area contributed by atoms with Gasteiger partial charge in [-0.15, -0.1) is 10.2 Å². The normalized spacial score (nSPS) is 16.5. The van der Waals surface area contributed by atoms with Crippen LogP contribution in [0.3, 0.4) is 0 Å². The second-order valence-corrected chi connectivity index (χ2v) is 12.3. The number of ether oxygens (including phenoxy) is 1. The molecule has 3 aromatic heterocycles. The molecule has 0 spiro atoms. The maximum atomic E-state index is 13.4. The van der Waals surface area contributed by atoms with Gasteiger partial charge in [-0.1, -0.05) is 76.6 Å². The topological polar surface area (TPSA) is 98.4 Å². The summed E-state index contributed by atoms with van der Waals surface area (Å²) in [5.41, 5.74) is 5.66. The van der Waals surface area contributed by atoms with Crippen molar-refractivity contribution >= 4 is 17.5 Å². The number of rotatable bonds is 6. The number of anilines is 1. The van der Waals surface area contributed by atoms with Crippen molar-refractivity contribution in [2.45, 2.75) is 71.4 Å². The Bertz CT molecular complexity index is 1740. The summed E-state index contributed by atoms with van der Waals surface area (Å²) in [6, 6.07) is 21.5. The minimum absolute atomic E-state index is 0.177. The number of nitrogens with one attached hydrogen (secondary N) is 2. The number of aromatic nitrogens is 5. The number of aryl methyl sites for hydroxylation is 1. The van der Waals surface area contributed by atoms with E-state index in [2.05, 4.69) is 67.6 Å². The predicted octanol–water partition coefficient (Wildman–Crippen LogP) is 7.03. The summed E-state index contributed by atoms with van der Waals surface area (Å²) in [6.45, 7) is 12.6. The van der Waals surface area contributed by atoms with Gasteiger partial charge in [-0.2, -0.15) is 5.10 Å². The van der Waals surface area contributed by atoms with Crippen molar-refractivity contribution in [3.8, 4) is 11.4 Å². The fourth-order valence-electron chi connectivity index (χ4n) is 5.38. The van der Waals surface area contributed by atoms with Gasteiger partial charge in [-0.25, -0.2) is 9.48 Å². The molecule has 42 heavy (non-hydrogen) atoms. The first kappa shape index (κ1) is 27.5. The standard InChI is InChI=1S/C33H37N7O2/c1-20(2)31-37-36-29-16-15-23(19-39(29)31)42-27-17-26(24-9-7-8-10-25(24)27)34-32(41)35-30-18-28(33(4,5)6)38-40(30)22-13-11-21(3)12-14-22/h7-16,18-20,26-27H,17H2,1-6H3,(H2,34,35,41)/t26-,27-/m1/s1. The van der Waals surface area contributed by atoms with Crippen LogP contribution < -0.4 is 15.4 Å². The number of fused-ring (bicyclic) bond motifs is 2. The van der Waals surface area contributed by atoms with Crippen LogP contribution in [0.2, 0.25) is 0 Å². The highest BCUT2D eigenvalue weighted by atomic mass is 16.5. The molecule has 216 valence electrons. The molecule has 0 bridgehead atoms. The molecule has 0 fully saturated rings. The summed E-state index contributed by atoms with van der Waals surface area (Å²) in [7, 11) is 0. The van der Waals surface area contributed by atoms with Crippen molar-refractivity contribution in [1.29, 1.82) is 0 Å². The van der Waals surface area contributed by atoms with Crippen molar-refractivity contribution in [3.63, 3.8) is 0 Å². The molecule has 0 saturated carbocycles. The maximum absolute atomic E-state index is 13.4. The Labute approximate surface area is 245 Å². The first-order valence-corrected chi connectivity index (χ1v) is 14.4. The van der Waals surface area contributed by atoms with Gasteiger partial charge in [0.1, 0.15) is 23.5 Å². The van der Waals surface area contributed by atoms with Crippen molar-refractivity contribution in [1.82, 2.24) is 29.7 Å². The molecule has 5 aromatic rings. The monoisotopic (exact) mass is 563 g/mol. The fourth-order valence-corrected chi connectivity index (χ4v) is 5.38. The number of carbonyl (C=O) groups excluding carboxylic acids is 1. The number of hydrogen-bond donors (Lipinski definition) is 2. The van der Waals surface area contributed by atoms with Gasteiger partial charge in [0.25, 0.3) is 0 Å². The summed E-state index contributed by atoms with van der Waals surface area (Å²) in [6.07, 6.45) is 2.34. The Morgan fingerprint density at radius 1 is 1.00 bits per heavy atom. The molecule has 0 radical (unpaired) electrons. The van der Waals surface area contributed by atoms with Gasteiger partial charge >= 0.3 is 6.03 Å². The Kier molecular flexibility index (Phi) is 6.96. The molecular formula is C33H37N7O2. The van der Waals surface area contributed by atoms with Gasteiger partial charge in [0.15, 0.2) is 5.65 Å². The van der Waals surface area contributed by atoms with Gasteiger partial charge in [-0.05, 0) is 42.3 Å². The quantitative estimate of drug-likeness (QED) is 0.231. The molecule has 3 heterocycles. The molecule has 6 rings (SSSR count). The van der Waals surface area contributed by atoms with Crippen LogP contribution in [0.1, 0.15) is 87.3 Å². The lowest BCUT2D eigenvalue weighted by molar-refractivity contribution is 0.194. The number of amides is 2. The molecule has 0 aliphatic heterocycles. The van der Waals surface area contributed by atoms with E-state index in [9.17, 15) is 4.79 Å². The van der Waals surface area contributed by atoms with Gasteiger partial charge < -0.3 is 10.1 Å². The zero-order valence-electron chi connectivity index (χ0n) is 24.9. The van der Waals surface area contributed by atoms with E-state index in [1.54, 1.807) is 4.68 Å². The number of benzene rings is 2. The highest BCUT2D eigenvalue weighted by Gasteiger charge is 2.33. The predicted molar refractivity (Wildman–Crippen MR) is 163 cm³/mol. The molecule has 2 atom stereocenters. The number of pyridine rings is 1. The molecule has 9 nitrogen and oxygen atoms in total. The van der Waals surface area contributed by atoms with E-state index in [-0.39, 0.29) is 29.5 Å². The van der Waals surface area contributed by atoms with E-state index in [0.717, 1.165) is 45.3 Å². The average Bonchev–Trinajstić information content (AvgIpc) is 3.65. The molecule has 1 aliphatic carbocycles. The van der Waals surface area contributed by atoms with Crippen LogP contribution in [0.15, 0.2) is 72.9 Å². The minimum atomic E-state index is -0.295. The highest BCUT2D eigenvalue weighted by Crippen LogP contribution is 2.41. The van der Waals surface area contributed by atoms with Crippen molar-refractivity contribution in [3.05, 3.63) is 101 Å². The first-order chi connectivity index (χ1) is 20.1. The number of carbonyl (C=O) groups is 1. The third-order valence-electron chi connectivity index (χ3n) is 7.67. The number of urea groups is 1. The zero-order valence-corrected chi connectivity index (χ0v) is 24.9. The second-order valence-electron chi connectivity index (χ2n) is 12.3. The van der Waals surface area contributed by atoms with Gasteiger partial charge in [0.2, 0.25) is 0 Å². The summed E-state index contributed by atoms with van der Waals surface area (Å²) in [5.74, 6) is 2.46. The highest BCUT2D eigenvalue weighted by molar-refractivity contribution is 5.89. The maximum Gasteiger partial charge on any atom is 0.320 e.